The Balaban J connectivity index is 1.46. The molecule has 118 valence electrons. The molecule has 22 heavy (non-hydrogen) atoms. The molecule has 3 rings (SSSR count). The lowest BCUT2D eigenvalue weighted by atomic mass is 10.1. The molecule has 2 aromatic rings. The number of morpholine rings is 1. The summed E-state index contributed by atoms with van der Waals surface area (Å²) in [6.45, 7) is 5.67. The first kappa shape index (κ1) is 15.6. The van der Waals surface area contributed by atoms with Crippen LogP contribution in [0.1, 0.15) is 12.8 Å². The average molecular weight is 320 g/mol. The van der Waals surface area contributed by atoms with E-state index in [9.17, 15) is 0 Å². The monoisotopic (exact) mass is 319 g/mol. The van der Waals surface area contributed by atoms with Crippen LogP contribution < -0.4 is 4.74 Å². The van der Waals surface area contributed by atoms with Gasteiger partial charge in [-0.3, -0.25) is 4.90 Å². The second kappa shape index (κ2) is 7.82. The van der Waals surface area contributed by atoms with Gasteiger partial charge in [-0.2, -0.15) is 0 Å². The summed E-state index contributed by atoms with van der Waals surface area (Å²) < 4.78 is 11.2. The van der Waals surface area contributed by atoms with Crippen LogP contribution in [0.15, 0.2) is 36.4 Å². The molecule has 1 saturated heterocycles. The fourth-order valence-electron chi connectivity index (χ4n) is 2.77. The third-order valence-corrected chi connectivity index (χ3v) is 4.45. The van der Waals surface area contributed by atoms with Gasteiger partial charge < -0.3 is 9.47 Å². The lowest BCUT2D eigenvalue weighted by Gasteiger charge is -2.26. The Hall–Kier alpha value is -1.29. The number of benzene rings is 2. The van der Waals surface area contributed by atoms with E-state index in [4.69, 9.17) is 21.1 Å². The van der Waals surface area contributed by atoms with Crippen LogP contribution in [-0.2, 0) is 4.74 Å². The zero-order chi connectivity index (χ0) is 15.2. The minimum atomic E-state index is 0.711. The molecule has 2 aromatic carbocycles. The first-order chi connectivity index (χ1) is 10.8. The van der Waals surface area contributed by atoms with Crippen molar-refractivity contribution in [3.8, 4) is 5.75 Å². The van der Waals surface area contributed by atoms with Crippen LogP contribution in [0, 0.1) is 0 Å². The summed E-state index contributed by atoms with van der Waals surface area (Å²) in [5, 5.41) is 2.91. The summed E-state index contributed by atoms with van der Waals surface area (Å²) in [6, 6.07) is 12.1. The summed E-state index contributed by atoms with van der Waals surface area (Å²) in [5.74, 6) is 0.784. The summed E-state index contributed by atoms with van der Waals surface area (Å²) in [5.41, 5.74) is 0. The minimum absolute atomic E-state index is 0.711. The average Bonchev–Trinajstić information content (AvgIpc) is 2.58. The summed E-state index contributed by atoms with van der Waals surface area (Å²) in [4.78, 5) is 2.45. The highest BCUT2D eigenvalue weighted by Crippen LogP contribution is 2.32. The second-order valence-electron chi connectivity index (χ2n) is 5.61. The van der Waals surface area contributed by atoms with E-state index in [-0.39, 0.29) is 0 Å². The third-order valence-electron chi connectivity index (χ3n) is 4.06. The maximum atomic E-state index is 6.43. The van der Waals surface area contributed by atoms with Crippen LogP contribution in [0.4, 0.5) is 0 Å². The molecule has 3 nitrogen and oxygen atoms in total. The fraction of sp³-hybridized carbons (Fsp3) is 0.444. The molecule has 1 heterocycles. The normalized spacial score (nSPS) is 16.0. The number of hydrogen-bond acceptors (Lipinski definition) is 3. The van der Waals surface area contributed by atoms with Gasteiger partial charge in [-0.25, -0.2) is 0 Å². The number of rotatable bonds is 6. The van der Waals surface area contributed by atoms with Gasteiger partial charge in [-0.05, 0) is 30.8 Å². The molecule has 0 spiro atoms. The Morgan fingerprint density at radius 2 is 1.86 bits per heavy atom. The lowest BCUT2D eigenvalue weighted by molar-refractivity contribution is 0.0368. The molecule has 1 aliphatic heterocycles. The largest absolute Gasteiger partial charge is 0.492 e. The molecule has 0 aromatic heterocycles. The van der Waals surface area contributed by atoms with Crippen molar-refractivity contribution in [1.29, 1.82) is 0 Å². The molecule has 0 N–H and O–H groups in total. The number of halogens is 1. The molecule has 0 aliphatic carbocycles. The third kappa shape index (κ3) is 3.92. The molecule has 0 radical (unpaired) electrons. The van der Waals surface area contributed by atoms with Crippen molar-refractivity contribution in [2.45, 2.75) is 12.8 Å². The van der Waals surface area contributed by atoms with Crippen molar-refractivity contribution in [3.63, 3.8) is 0 Å². The first-order valence-electron chi connectivity index (χ1n) is 7.95. The lowest BCUT2D eigenvalue weighted by Crippen LogP contribution is -2.36. The van der Waals surface area contributed by atoms with E-state index in [1.165, 1.54) is 0 Å². The summed E-state index contributed by atoms with van der Waals surface area (Å²) >= 11 is 6.43. The van der Waals surface area contributed by atoms with Gasteiger partial charge in [0.25, 0.3) is 0 Å². The maximum absolute atomic E-state index is 6.43. The van der Waals surface area contributed by atoms with E-state index in [2.05, 4.69) is 17.0 Å². The maximum Gasteiger partial charge on any atom is 0.138 e. The van der Waals surface area contributed by atoms with Gasteiger partial charge in [0, 0.05) is 18.5 Å². The van der Waals surface area contributed by atoms with Crippen molar-refractivity contribution < 1.29 is 9.47 Å². The molecule has 0 saturated carbocycles. The van der Waals surface area contributed by atoms with Gasteiger partial charge in [0.15, 0.2) is 0 Å². The van der Waals surface area contributed by atoms with Crippen molar-refractivity contribution in [2.75, 3.05) is 39.5 Å². The number of fused-ring (bicyclic) bond motifs is 1. The predicted octanol–water partition coefficient (Wildman–Crippen LogP) is 3.98. The Labute approximate surface area is 136 Å². The molecule has 0 unspecified atom stereocenters. The molecule has 4 heteroatoms. The van der Waals surface area contributed by atoms with Gasteiger partial charge in [-0.1, -0.05) is 41.9 Å². The molecular formula is C18H22ClNO2. The van der Waals surface area contributed by atoms with E-state index >= 15 is 0 Å². The molecule has 0 amide bonds. The van der Waals surface area contributed by atoms with Crippen LogP contribution in [0.3, 0.4) is 0 Å². The van der Waals surface area contributed by atoms with Gasteiger partial charge in [0.1, 0.15) is 5.75 Å². The highest BCUT2D eigenvalue weighted by atomic mass is 35.5. The van der Waals surface area contributed by atoms with Gasteiger partial charge >= 0.3 is 0 Å². The Bertz CT molecular complexity index is 611. The van der Waals surface area contributed by atoms with Crippen LogP contribution in [-0.4, -0.2) is 44.4 Å². The number of unbranched alkanes of at least 4 members (excludes halogenated alkanes) is 1. The van der Waals surface area contributed by atoms with Crippen LogP contribution in [0.25, 0.3) is 10.8 Å². The Morgan fingerprint density at radius 3 is 2.73 bits per heavy atom. The van der Waals surface area contributed by atoms with Gasteiger partial charge in [0.05, 0.1) is 24.8 Å². The van der Waals surface area contributed by atoms with E-state index in [1.54, 1.807) is 0 Å². The van der Waals surface area contributed by atoms with Crippen molar-refractivity contribution in [1.82, 2.24) is 4.90 Å². The molecule has 0 bridgehead atoms. The van der Waals surface area contributed by atoms with E-state index < -0.39 is 0 Å². The van der Waals surface area contributed by atoms with Gasteiger partial charge in [-0.15, -0.1) is 0 Å². The van der Waals surface area contributed by atoms with Crippen molar-refractivity contribution >= 4 is 22.4 Å². The van der Waals surface area contributed by atoms with E-state index in [0.29, 0.717) is 11.6 Å². The number of nitrogens with zero attached hydrogens (tertiary/aromatic N) is 1. The SMILES string of the molecule is Clc1c(OCCCCN2CCOCC2)ccc2ccccc12. The predicted molar refractivity (Wildman–Crippen MR) is 90.9 cm³/mol. The van der Waals surface area contributed by atoms with Crippen molar-refractivity contribution in [2.24, 2.45) is 0 Å². The van der Waals surface area contributed by atoms with E-state index in [0.717, 1.165) is 62.2 Å². The van der Waals surface area contributed by atoms with E-state index in [1.807, 2.05) is 24.3 Å². The quantitative estimate of drug-likeness (QED) is 0.752. The van der Waals surface area contributed by atoms with Crippen LogP contribution in [0.5, 0.6) is 5.75 Å². The molecule has 0 atom stereocenters. The summed E-state index contributed by atoms with van der Waals surface area (Å²) in [6.07, 6.45) is 2.19. The highest BCUT2D eigenvalue weighted by Gasteiger charge is 2.09. The Morgan fingerprint density at radius 1 is 1.05 bits per heavy atom. The van der Waals surface area contributed by atoms with Crippen LogP contribution in [0.2, 0.25) is 5.02 Å². The van der Waals surface area contributed by atoms with Crippen molar-refractivity contribution in [3.05, 3.63) is 41.4 Å². The standard InChI is InChI=1S/C18H22ClNO2/c19-18-16-6-2-1-5-15(16)7-8-17(18)22-12-4-3-9-20-10-13-21-14-11-20/h1-2,5-8H,3-4,9-14H2. The first-order valence-corrected chi connectivity index (χ1v) is 8.32. The number of hydrogen-bond donors (Lipinski definition) is 0. The van der Waals surface area contributed by atoms with Gasteiger partial charge in [0.2, 0.25) is 0 Å². The molecule has 1 fully saturated rings. The van der Waals surface area contributed by atoms with Crippen LogP contribution >= 0.6 is 11.6 Å². The zero-order valence-electron chi connectivity index (χ0n) is 12.8. The highest BCUT2D eigenvalue weighted by molar-refractivity contribution is 6.37. The molecule has 1 aliphatic rings. The smallest absolute Gasteiger partial charge is 0.138 e. The number of ether oxygens (including phenoxy) is 2. The second-order valence-corrected chi connectivity index (χ2v) is 5.99. The molecular weight excluding hydrogens is 298 g/mol. The topological polar surface area (TPSA) is 21.7 Å². The summed E-state index contributed by atoms with van der Waals surface area (Å²) in [7, 11) is 0. The Kier molecular flexibility index (Phi) is 5.54. The zero-order valence-corrected chi connectivity index (χ0v) is 13.5. The minimum Gasteiger partial charge on any atom is -0.492 e. The fourth-order valence-corrected chi connectivity index (χ4v) is 3.06.